The summed E-state index contributed by atoms with van der Waals surface area (Å²) in [5.74, 6) is 0. The molecular formula is C61H41N3. The van der Waals surface area contributed by atoms with Gasteiger partial charge in [0.15, 0.2) is 0 Å². The molecule has 2 aliphatic rings. The van der Waals surface area contributed by atoms with E-state index in [1.807, 2.05) is 0 Å². The molecule has 3 heteroatoms. The van der Waals surface area contributed by atoms with Crippen LogP contribution >= 0.6 is 0 Å². The molecule has 1 unspecified atom stereocenters. The Kier molecular flexibility index (Phi) is 8.13. The Morgan fingerprint density at radius 2 is 0.656 bits per heavy atom. The molecule has 11 aromatic rings. The summed E-state index contributed by atoms with van der Waals surface area (Å²) in [6.45, 7) is 0. The minimum absolute atomic E-state index is 0.561. The molecule has 0 N–H and O–H groups in total. The van der Waals surface area contributed by atoms with Gasteiger partial charge in [0.25, 0.3) is 0 Å². The Morgan fingerprint density at radius 1 is 0.266 bits per heavy atom. The summed E-state index contributed by atoms with van der Waals surface area (Å²) >= 11 is 0. The maximum Gasteiger partial charge on any atom is 0.0727 e. The summed E-state index contributed by atoms with van der Waals surface area (Å²) in [6.07, 6.45) is 0. The standard InChI is InChI=1S/C61H41N3/c1-5-19-42(20-6-1)62(43-21-7-2-8-22-43)46-33-36-51-49-27-13-16-30-55(49)61(57(51)39-46)56-31-17-14-28-50(56)52-37-34-47(40-58(52)61)63(44-23-9-3-10-24-44)48-35-38-54-53-29-15-18-32-59(53)64(60(54)41-48)45-25-11-4-12-26-45/h1-41H. The van der Waals surface area contributed by atoms with E-state index in [1.54, 1.807) is 0 Å². The monoisotopic (exact) mass is 815 g/mol. The van der Waals surface area contributed by atoms with Crippen molar-refractivity contribution in [2.75, 3.05) is 9.80 Å². The third-order valence-electron chi connectivity index (χ3n) is 13.5. The molecule has 1 atom stereocenters. The van der Waals surface area contributed by atoms with Gasteiger partial charge in [0.1, 0.15) is 0 Å². The topological polar surface area (TPSA) is 11.4 Å². The quantitative estimate of drug-likeness (QED) is 0.159. The van der Waals surface area contributed by atoms with Crippen LogP contribution < -0.4 is 9.80 Å². The molecule has 0 radical (unpaired) electrons. The molecular weight excluding hydrogens is 775 g/mol. The van der Waals surface area contributed by atoms with Crippen molar-refractivity contribution < 1.29 is 0 Å². The molecule has 64 heavy (non-hydrogen) atoms. The zero-order chi connectivity index (χ0) is 42.2. The first kappa shape index (κ1) is 36.3. The second kappa shape index (κ2) is 14.3. The van der Waals surface area contributed by atoms with Crippen LogP contribution in [0.5, 0.6) is 0 Å². The average molecular weight is 816 g/mol. The Morgan fingerprint density at radius 3 is 1.20 bits per heavy atom. The summed E-state index contributed by atoms with van der Waals surface area (Å²) in [6, 6.07) is 91.3. The van der Waals surface area contributed by atoms with E-state index in [1.165, 1.54) is 66.3 Å². The maximum absolute atomic E-state index is 2.49. The minimum atomic E-state index is -0.561. The van der Waals surface area contributed by atoms with E-state index in [0.29, 0.717) is 0 Å². The molecule has 0 fully saturated rings. The fourth-order valence-corrected chi connectivity index (χ4v) is 11.0. The highest BCUT2D eigenvalue weighted by Crippen LogP contribution is 2.64. The number of nitrogens with zero attached hydrogens (tertiary/aromatic N) is 3. The lowest BCUT2D eigenvalue weighted by Crippen LogP contribution is -2.26. The molecule has 0 saturated heterocycles. The lowest BCUT2D eigenvalue weighted by atomic mass is 9.70. The van der Waals surface area contributed by atoms with Gasteiger partial charge in [-0.3, -0.25) is 0 Å². The molecule has 1 spiro atoms. The molecule has 0 aliphatic heterocycles. The second-order valence-corrected chi connectivity index (χ2v) is 16.9. The maximum atomic E-state index is 2.49. The van der Waals surface area contributed by atoms with E-state index in [2.05, 4.69) is 263 Å². The molecule has 0 bridgehead atoms. The van der Waals surface area contributed by atoms with Gasteiger partial charge >= 0.3 is 0 Å². The van der Waals surface area contributed by atoms with Crippen LogP contribution in [0.4, 0.5) is 34.1 Å². The Hall–Kier alpha value is -8.40. The lowest BCUT2D eigenvalue weighted by molar-refractivity contribution is 0.793. The first-order valence-corrected chi connectivity index (χ1v) is 22.1. The fraction of sp³-hybridized carbons (Fsp3) is 0.0164. The van der Waals surface area contributed by atoms with Crippen molar-refractivity contribution in [3.8, 4) is 27.9 Å². The molecule has 0 saturated carbocycles. The van der Waals surface area contributed by atoms with Crippen LogP contribution in [0.25, 0.3) is 49.7 Å². The molecule has 0 amide bonds. The number of hydrogen-bond acceptors (Lipinski definition) is 2. The molecule has 3 nitrogen and oxygen atoms in total. The van der Waals surface area contributed by atoms with E-state index >= 15 is 0 Å². The van der Waals surface area contributed by atoms with Gasteiger partial charge in [-0.1, -0.05) is 158 Å². The minimum Gasteiger partial charge on any atom is -0.310 e. The number of anilines is 6. The van der Waals surface area contributed by atoms with Gasteiger partial charge < -0.3 is 14.4 Å². The van der Waals surface area contributed by atoms with Crippen molar-refractivity contribution in [2.24, 2.45) is 0 Å². The van der Waals surface area contributed by atoms with Crippen molar-refractivity contribution in [1.82, 2.24) is 4.57 Å². The van der Waals surface area contributed by atoms with E-state index in [-0.39, 0.29) is 0 Å². The predicted octanol–water partition coefficient (Wildman–Crippen LogP) is 16.1. The lowest BCUT2D eigenvalue weighted by Gasteiger charge is -2.33. The Bertz CT molecular complexity index is 3510. The number of benzene rings is 10. The molecule has 1 heterocycles. The van der Waals surface area contributed by atoms with Crippen molar-refractivity contribution in [1.29, 1.82) is 0 Å². The van der Waals surface area contributed by atoms with Gasteiger partial charge in [-0.05, 0) is 136 Å². The number of rotatable bonds is 7. The number of fused-ring (bicyclic) bond motifs is 13. The summed E-state index contributed by atoms with van der Waals surface area (Å²) < 4.78 is 2.41. The van der Waals surface area contributed by atoms with Gasteiger partial charge in [0.05, 0.1) is 16.4 Å². The van der Waals surface area contributed by atoms with Crippen molar-refractivity contribution in [2.45, 2.75) is 5.41 Å². The summed E-state index contributed by atoms with van der Waals surface area (Å²) in [4.78, 5) is 4.82. The van der Waals surface area contributed by atoms with Gasteiger partial charge in [0, 0.05) is 50.6 Å². The van der Waals surface area contributed by atoms with Crippen LogP contribution in [-0.2, 0) is 5.41 Å². The summed E-state index contributed by atoms with van der Waals surface area (Å²) in [5, 5.41) is 2.47. The Labute approximate surface area is 373 Å². The zero-order valence-electron chi connectivity index (χ0n) is 35.0. The number of aromatic nitrogens is 1. The predicted molar refractivity (Wildman–Crippen MR) is 266 cm³/mol. The highest BCUT2D eigenvalue weighted by molar-refractivity contribution is 6.10. The Balaban J connectivity index is 1.06. The third-order valence-corrected chi connectivity index (χ3v) is 13.5. The van der Waals surface area contributed by atoms with E-state index in [9.17, 15) is 0 Å². The van der Waals surface area contributed by atoms with E-state index in [4.69, 9.17) is 0 Å². The van der Waals surface area contributed by atoms with Gasteiger partial charge in [0.2, 0.25) is 0 Å². The number of para-hydroxylation sites is 5. The molecule has 13 rings (SSSR count). The van der Waals surface area contributed by atoms with Crippen LogP contribution in [0, 0.1) is 0 Å². The average Bonchev–Trinajstić information content (AvgIpc) is 3.97. The van der Waals surface area contributed by atoms with Crippen LogP contribution in [0.1, 0.15) is 22.3 Å². The normalized spacial score (nSPS) is 14.3. The van der Waals surface area contributed by atoms with Crippen LogP contribution in [0.3, 0.4) is 0 Å². The molecule has 2 aliphatic carbocycles. The molecule has 1 aromatic heterocycles. The fourth-order valence-electron chi connectivity index (χ4n) is 11.0. The van der Waals surface area contributed by atoms with Crippen molar-refractivity contribution in [3.05, 3.63) is 271 Å². The van der Waals surface area contributed by atoms with Gasteiger partial charge in [-0.25, -0.2) is 0 Å². The van der Waals surface area contributed by atoms with E-state index in [0.717, 1.165) is 39.8 Å². The third kappa shape index (κ3) is 5.28. The van der Waals surface area contributed by atoms with E-state index < -0.39 is 5.41 Å². The summed E-state index contributed by atoms with van der Waals surface area (Å²) in [5.41, 5.74) is 19.9. The SMILES string of the molecule is c1ccc(N(c2ccccc2)c2ccc3c(c2)C2(c4ccccc4-3)c3ccccc3-c3ccc(N(c4ccccc4)c4ccc5c6ccccc6n(-c6ccccc6)c5c4)cc32)cc1. The zero-order valence-corrected chi connectivity index (χ0v) is 35.0. The highest BCUT2D eigenvalue weighted by atomic mass is 15.1. The van der Waals surface area contributed by atoms with Crippen LogP contribution in [0.2, 0.25) is 0 Å². The van der Waals surface area contributed by atoms with Crippen molar-refractivity contribution >= 4 is 55.9 Å². The first-order chi connectivity index (χ1) is 31.8. The first-order valence-electron chi connectivity index (χ1n) is 22.1. The van der Waals surface area contributed by atoms with Crippen LogP contribution in [0.15, 0.2) is 249 Å². The second-order valence-electron chi connectivity index (χ2n) is 16.9. The van der Waals surface area contributed by atoms with Gasteiger partial charge in [-0.2, -0.15) is 0 Å². The smallest absolute Gasteiger partial charge is 0.0727 e. The largest absolute Gasteiger partial charge is 0.310 e. The number of hydrogen-bond donors (Lipinski definition) is 0. The highest BCUT2D eigenvalue weighted by Gasteiger charge is 2.52. The van der Waals surface area contributed by atoms with Gasteiger partial charge in [-0.15, -0.1) is 0 Å². The van der Waals surface area contributed by atoms with Crippen LogP contribution in [-0.4, -0.2) is 4.57 Å². The molecule has 300 valence electrons. The van der Waals surface area contributed by atoms with Crippen molar-refractivity contribution in [3.63, 3.8) is 0 Å². The summed E-state index contributed by atoms with van der Waals surface area (Å²) in [7, 11) is 0. The molecule has 10 aromatic carbocycles.